The molecule has 0 radical (unpaired) electrons. The molecule has 1 aliphatic rings. The summed E-state index contributed by atoms with van der Waals surface area (Å²) in [4.78, 5) is 29.3. The van der Waals surface area contributed by atoms with Gasteiger partial charge in [0.2, 0.25) is 5.82 Å². The molecular formula is C20H18N2O4S. The Labute approximate surface area is 160 Å². The Hall–Kier alpha value is -2.80. The van der Waals surface area contributed by atoms with Crippen LogP contribution < -0.4 is 0 Å². The number of nitrogens with zero attached hydrogens (tertiary/aromatic N) is 2. The van der Waals surface area contributed by atoms with Crippen LogP contribution in [-0.2, 0) is 29.0 Å². The van der Waals surface area contributed by atoms with E-state index in [1.807, 2.05) is 35.7 Å². The molecule has 2 heterocycles. The number of ketones is 1. The lowest BCUT2D eigenvalue weighted by Gasteiger charge is -2.05. The van der Waals surface area contributed by atoms with Crippen LogP contribution >= 0.6 is 11.3 Å². The van der Waals surface area contributed by atoms with Crippen LogP contribution in [0.3, 0.4) is 0 Å². The molecule has 0 fully saturated rings. The molecule has 1 aliphatic carbocycles. The van der Waals surface area contributed by atoms with Gasteiger partial charge in [-0.1, -0.05) is 23.4 Å². The highest BCUT2D eigenvalue weighted by Crippen LogP contribution is 2.24. The minimum atomic E-state index is -0.452. The molecule has 7 heteroatoms. The molecule has 0 saturated heterocycles. The summed E-state index contributed by atoms with van der Waals surface area (Å²) >= 11 is 1.49. The van der Waals surface area contributed by atoms with E-state index in [4.69, 9.17) is 9.26 Å². The van der Waals surface area contributed by atoms with Crippen LogP contribution in [0.15, 0.2) is 40.2 Å². The summed E-state index contributed by atoms with van der Waals surface area (Å²) in [6.45, 7) is -0.0687. The molecule has 0 bridgehead atoms. The van der Waals surface area contributed by atoms with Gasteiger partial charge < -0.3 is 9.26 Å². The van der Waals surface area contributed by atoms with Crippen molar-refractivity contribution in [2.24, 2.45) is 0 Å². The van der Waals surface area contributed by atoms with Crippen molar-refractivity contribution in [1.82, 2.24) is 10.1 Å². The predicted molar refractivity (Wildman–Crippen MR) is 99.4 cm³/mol. The average Bonchev–Trinajstić information content (AvgIpc) is 3.44. The van der Waals surface area contributed by atoms with Gasteiger partial charge >= 0.3 is 5.97 Å². The van der Waals surface area contributed by atoms with E-state index in [1.165, 1.54) is 22.5 Å². The van der Waals surface area contributed by atoms with Gasteiger partial charge in [0.05, 0.1) is 11.3 Å². The molecule has 0 unspecified atom stereocenters. The van der Waals surface area contributed by atoms with Gasteiger partial charge in [0.25, 0.3) is 5.89 Å². The van der Waals surface area contributed by atoms with Crippen molar-refractivity contribution < 1.29 is 18.8 Å². The van der Waals surface area contributed by atoms with Crippen molar-refractivity contribution in [2.75, 3.05) is 0 Å². The van der Waals surface area contributed by atoms with Gasteiger partial charge in [-0.3, -0.25) is 9.59 Å². The molecule has 0 aliphatic heterocycles. The largest absolute Gasteiger partial charge is 0.457 e. The standard InChI is InChI=1S/C20H18N2O4S/c23-16(15-7-6-13-3-1-4-14(13)11-15)8-9-19(24)25-12-18-21-20(26-22-18)17-5-2-10-27-17/h2,5-7,10-11H,1,3-4,8-9,12H2. The van der Waals surface area contributed by atoms with Gasteiger partial charge in [-0.25, -0.2) is 0 Å². The Morgan fingerprint density at radius 2 is 2.04 bits per heavy atom. The number of Topliss-reactive ketones (excluding diaryl/α,β-unsaturated/α-hetero) is 1. The van der Waals surface area contributed by atoms with Crippen molar-refractivity contribution >= 4 is 23.1 Å². The summed E-state index contributed by atoms with van der Waals surface area (Å²) in [5.41, 5.74) is 3.25. The van der Waals surface area contributed by atoms with Crippen LogP contribution in [0.25, 0.3) is 10.8 Å². The van der Waals surface area contributed by atoms with Crippen molar-refractivity contribution in [3.63, 3.8) is 0 Å². The monoisotopic (exact) mass is 382 g/mol. The summed E-state index contributed by atoms with van der Waals surface area (Å²) in [6.07, 6.45) is 3.41. The van der Waals surface area contributed by atoms with Crippen LogP contribution in [0.1, 0.15) is 46.6 Å². The molecule has 27 heavy (non-hydrogen) atoms. The molecule has 0 atom stereocenters. The number of carbonyl (C=O) groups is 2. The van der Waals surface area contributed by atoms with E-state index >= 15 is 0 Å². The Morgan fingerprint density at radius 3 is 2.89 bits per heavy atom. The molecule has 4 rings (SSSR count). The molecule has 0 amide bonds. The second kappa shape index (κ2) is 7.84. The lowest BCUT2D eigenvalue weighted by atomic mass is 10.0. The predicted octanol–water partition coefficient (Wildman–Crippen LogP) is 3.99. The van der Waals surface area contributed by atoms with Gasteiger partial charge in [-0.05, 0) is 47.9 Å². The van der Waals surface area contributed by atoms with Gasteiger partial charge in [0.1, 0.15) is 0 Å². The molecule has 138 valence electrons. The maximum Gasteiger partial charge on any atom is 0.306 e. The maximum absolute atomic E-state index is 12.3. The molecule has 3 aromatic rings. The first-order chi connectivity index (χ1) is 13.2. The van der Waals surface area contributed by atoms with E-state index in [-0.39, 0.29) is 25.2 Å². The van der Waals surface area contributed by atoms with Crippen molar-refractivity contribution in [1.29, 1.82) is 0 Å². The molecule has 0 N–H and O–H groups in total. The second-order valence-corrected chi connectivity index (χ2v) is 7.36. The molecule has 6 nitrogen and oxygen atoms in total. The normalized spacial score (nSPS) is 12.7. The van der Waals surface area contributed by atoms with Crippen molar-refractivity contribution in [3.05, 3.63) is 58.2 Å². The number of rotatable bonds is 7. The first-order valence-electron chi connectivity index (χ1n) is 8.86. The van der Waals surface area contributed by atoms with Gasteiger partial charge in [0.15, 0.2) is 12.4 Å². The topological polar surface area (TPSA) is 82.3 Å². The molecule has 2 aromatic heterocycles. The number of hydrogen-bond donors (Lipinski definition) is 0. The van der Waals surface area contributed by atoms with E-state index in [0.29, 0.717) is 17.3 Å². The van der Waals surface area contributed by atoms with E-state index in [9.17, 15) is 9.59 Å². The van der Waals surface area contributed by atoms with Crippen LogP contribution in [0.4, 0.5) is 0 Å². The Bertz CT molecular complexity index is 962. The number of thiophene rings is 1. The van der Waals surface area contributed by atoms with Crippen LogP contribution in [0.5, 0.6) is 0 Å². The van der Waals surface area contributed by atoms with Gasteiger partial charge in [0, 0.05) is 12.0 Å². The zero-order chi connectivity index (χ0) is 18.6. The lowest BCUT2D eigenvalue weighted by Crippen LogP contribution is -2.09. The minimum Gasteiger partial charge on any atom is -0.457 e. The fourth-order valence-corrected chi connectivity index (χ4v) is 3.78. The fourth-order valence-electron chi connectivity index (χ4n) is 3.14. The highest BCUT2D eigenvalue weighted by atomic mass is 32.1. The summed E-state index contributed by atoms with van der Waals surface area (Å²) in [7, 11) is 0. The van der Waals surface area contributed by atoms with Crippen LogP contribution in [0.2, 0.25) is 0 Å². The first kappa shape index (κ1) is 17.6. The summed E-state index contributed by atoms with van der Waals surface area (Å²) in [6, 6.07) is 9.60. The minimum absolute atomic E-state index is 0.0333. The number of carbonyl (C=O) groups excluding carboxylic acids is 2. The first-order valence-corrected chi connectivity index (χ1v) is 9.74. The van der Waals surface area contributed by atoms with Crippen molar-refractivity contribution in [2.45, 2.75) is 38.7 Å². The molecular weight excluding hydrogens is 364 g/mol. The highest BCUT2D eigenvalue weighted by molar-refractivity contribution is 7.13. The molecule has 0 spiro atoms. The zero-order valence-corrected chi connectivity index (χ0v) is 15.5. The average molecular weight is 382 g/mol. The third-order valence-corrected chi connectivity index (χ3v) is 5.40. The number of aryl methyl sites for hydroxylation is 2. The summed E-state index contributed by atoms with van der Waals surface area (Å²) in [5, 5.41) is 5.71. The quantitative estimate of drug-likeness (QED) is 0.454. The highest BCUT2D eigenvalue weighted by Gasteiger charge is 2.16. The second-order valence-electron chi connectivity index (χ2n) is 6.41. The molecule has 0 saturated carbocycles. The SMILES string of the molecule is O=C(CCC(=O)c1ccc2c(c1)CCC2)OCc1noc(-c2cccs2)n1. The number of aromatic nitrogens is 2. The van der Waals surface area contributed by atoms with E-state index in [1.54, 1.807) is 0 Å². The summed E-state index contributed by atoms with van der Waals surface area (Å²) in [5.74, 6) is 0.215. The Kier molecular flexibility index (Phi) is 5.11. The van der Waals surface area contributed by atoms with E-state index in [0.717, 1.165) is 24.1 Å². The summed E-state index contributed by atoms with van der Waals surface area (Å²) < 4.78 is 10.3. The lowest BCUT2D eigenvalue weighted by molar-refractivity contribution is -0.145. The van der Waals surface area contributed by atoms with Gasteiger partial charge in [-0.15, -0.1) is 11.3 Å². The number of esters is 1. The van der Waals surface area contributed by atoms with Crippen LogP contribution in [0, 0.1) is 0 Å². The van der Waals surface area contributed by atoms with E-state index in [2.05, 4.69) is 10.1 Å². The Morgan fingerprint density at radius 1 is 1.15 bits per heavy atom. The third-order valence-electron chi connectivity index (χ3n) is 4.54. The number of fused-ring (bicyclic) bond motifs is 1. The van der Waals surface area contributed by atoms with E-state index < -0.39 is 5.97 Å². The number of ether oxygens (including phenoxy) is 1. The molecule has 1 aromatic carbocycles. The smallest absolute Gasteiger partial charge is 0.306 e. The van der Waals surface area contributed by atoms with Gasteiger partial charge in [-0.2, -0.15) is 4.98 Å². The van der Waals surface area contributed by atoms with Crippen molar-refractivity contribution in [3.8, 4) is 10.8 Å². The zero-order valence-electron chi connectivity index (χ0n) is 14.6. The van der Waals surface area contributed by atoms with Crippen LogP contribution in [-0.4, -0.2) is 21.9 Å². The Balaban J connectivity index is 1.25. The maximum atomic E-state index is 12.3. The fraction of sp³-hybridized carbons (Fsp3) is 0.300. The number of benzene rings is 1. The number of hydrogen-bond acceptors (Lipinski definition) is 7. The third kappa shape index (κ3) is 4.14.